The van der Waals surface area contributed by atoms with Crippen molar-refractivity contribution in [2.24, 2.45) is 0 Å². The number of rotatable bonds is 6. The van der Waals surface area contributed by atoms with Gasteiger partial charge in [-0.05, 0) is 29.8 Å². The topological polar surface area (TPSA) is 96.3 Å². The van der Waals surface area contributed by atoms with Crippen molar-refractivity contribution in [1.29, 1.82) is 0 Å². The predicted molar refractivity (Wildman–Crippen MR) is 109 cm³/mol. The lowest BCUT2D eigenvalue weighted by Crippen LogP contribution is -2.48. The van der Waals surface area contributed by atoms with Crippen LogP contribution in [0, 0.1) is 0 Å². The number of nitrogens with one attached hydrogen (secondary N) is 2. The third-order valence-electron chi connectivity index (χ3n) is 5.13. The van der Waals surface area contributed by atoms with E-state index in [0.29, 0.717) is 12.0 Å². The summed E-state index contributed by atoms with van der Waals surface area (Å²) in [5, 5.41) is 9.15. The summed E-state index contributed by atoms with van der Waals surface area (Å²) in [6.45, 7) is -0.0502. The van der Waals surface area contributed by atoms with E-state index < -0.39 is 29.6 Å². The summed E-state index contributed by atoms with van der Waals surface area (Å²) in [5.74, 6) is -1.32. The number of aromatic nitrogens is 2. The molecule has 1 saturated heterocycles. The maximum Gasteiger partial charge on any atom is 0.416 e. The largest absolute Gasteiger partial charge is 0.416 e. The first-order chi connectivity index (χ1) is 15.2. The van der Waals surface area contributed by atoms with E-state index in [4.69, 9.17) is 0 Å². The quantitative estimate of drug-likeness (QED) is 0.655. The number of halogens is 3. The predicted octanol–water partition coefficient (Wildman–Crippen LogP) is 1.62. The molecule has 32 heavy (non-hydrogen) atoms. The van der Waals surface area contributed by atoms with Crippen LogP contribution in [0.4, 0.5) is 13.2 Å². The van der Waals surface area contributed by atoms with Crippen LogP contribution in [0.5, 0.6) is 0 Å². The monoisotopic (exact) mass is 449 g/mol. The number of alkyl halides is 3. The van der Waals surface area contributed by atoms with Crippen LogP contribution in [0.2, 0.25) is 0 Å². The molecule has 11 heteroatoms. The van der Waals surface area contributed by atoms with Crippen LogP contribution in [0.15, 0.2) is 48.8 Å². The molecule has 1 fully saturated rings. The van der Waals surface area contributed by atoms with Crippen LogP contribution in [0.25, 0.3) is 6.08 Å². The van der Waals surface area contributed by atoms with E-state index in [2.05, 4.69) is 15.7 Å². The Morgan fingerprint density at radius 1 is 1.22 bits per heavy atom. The van der Waals surface area contributed by atoms with E-state index in [1.54, 1.807) is 23.1 Å². The molecule has 1 aliphatic heterocycles. The van der Waals surface area contributed by atoms with E-state index in [-0.39, 0.29) is 25.0 Å². The lowest BCUT2D eigenvalue weighted by molar-refractivity contribution is -0.138. The lowest BCUT2D eigenvalue weighted by Gasteiger charge is -2.23. The van der Waals surface area contributed by atoms with Gasteiger partial charge in [0.05, 0.1) is 18.2 Å². The zero-order chi connectivity index (χ0) is 23.3. The average Bonchev–Trinajstić information content (AvgIpc) is 3.45. The molecule has 0 radical (unpaired) electrons. The zero-order valence-electron chi connectivity index (χ0n) is 17.2. The Balaban J connectivity index is 1.57. The summed E-state index contributed by atoms with van der Waals surface area (Å²) >= 11 is 0. The number of carbonyl (C=O) groups excluding carboxylic acids is 3. The fraction of sp³-hybridized carbons (Fsp3) is 0.333. The highest BCUT2D eigenvalue weighted by Crippen LogP contribution is 2.29. The third kappa shape index (κ3) is 5.54. The van der Waals surface area contributed by atoms with Gasteiger partial charge < -0.3 is 15.5 Å². The Kier molecular flexibility index (Phi) is 6.96. The molecule has 1 aliphatic rings. The summed E-state index contributed by atoms with van der Waals surface area (Å²) in [4.78, 5) is 38.3. The number of carbonyl (C=O) groups is 3. The van der Waals surface area contributed by atoms with Gasteiger partial charge in [-0.3, -0.25) is 19.1 Å². The number of likely N-dealkylation sites (tertiary alicyclic amines) is 1. The summed E-state index contributed by atoms with van der Waals surface area (Å²) in [6, 6.07) is 5.24. The van der Waals surface area contributed by atoms with Gasteiger partial charge in [0.1, 0.15) is 6.04 Å². The van der Waals surface area contributed by atoms with E-state index in [1.807, 2.05) is 0 Å². The summed E-state index contributed by atoms with van der Waals surface area (Å²) in [6.07, 6.45) is 1.81. The van der Waals surface area contributed by atoms with Gasteiger partial charge in [0.25, 0.3) is 0 Å². The maximum atomic E-state index is 12.7. The smallest absolute Gasteiger partial charge is 0.357 e. The van der Waals surface area contributed by atoms with E-state index >= 15 is 0 Å². The van der Waals surface area contributed by atoms with Gasteiger partial charge in [0.2, 0.25) is 17.7 Å². The Labute approximate surface area is 182 Å². The zero-order valence-corrected chi connectivity index (χ0v) is 17.2. The Morgan fingerprint density at radius 2 is 1.94 bits per heavy atom. The SMILES string of the molecule is CNC(=O)[C@@H]1C[C@H](n2cccn2)CN1C(=O)CNC(=O)/C=C/c1ccc(C(F)(F)F)cc1. The molecule has 3 amide bonds. The van der Waals surface area contributed by atoms with E-state index in [1.165, 1.54) is 30.2 Å². The minimum Gasteiger partial charge on any atom is -0.357 e. The van der Waals surface area contributed by atoms with Gasteiger partial charge in [-0.15, -0.1) is 0 Å². The second kappa shape index (κ2) is 9.67. The molecular formula is C21H22F3N5O3. The molecule has 0 spiro atoms. The molecule has 0 unspecified atom stereocenters. The Bertz CT molecular complexity index is 987. The number of benzene rings is 1. The van der Waals surface area contributed by atoms with Crippen molar-refractivity contribution in [2.75, 3.05) is 20.1 Å². The Hall–Kier alpha value is -3.63. The first kappa shape index (κ1) is 23.0. The standard InChI is InChI=1S/C21H22F3N5O3/c1-25-20(32)17-11-16(29-10-2-9-27-29)13-28(17)19(31)12-26-18(30)8-5-14-3-6-15(7-4-14)21(22,23)24/h2-10,16-17H,11-13H2,1H3,(H,25,32)(H,26,30)/b8-5+/t16-,17-/m0/s1. The van der Waals surface area contributed by atoms with Crippen LogP contribution >= 0.6 is 0 Å². The number of likely N-dealkylation sites (N-methyl/N-ethyl adjacent to an activating group) is 1. The van der Waals surface area contributed by atoms with Crippen LogP contribution in [0.1, 0.15) is 23.6 Å². The molecule has 170 valence electrons. The minimum absolute atomic E-state index is 0.161. The molecule has 0 aliphatic carbocycles. The van der Waals surface area contributed by atoms with Gasteiger partial charge in [-0.25, -0.2) is 0 Å². The molecule has 3 rings (SSSR count). The molecule has 2 N–H and O–H groups in total. The second-order valence-corrected chi connectivity index (χ2v) is 7.22. The number of hydrogen-bond acceptors (Lipinski definition) is 4. The van der Waals surface area contributed by atoms with E-state index in [0.717, 1.165) is 18.2 Å². The first-order valence-corrected chi connectivity index (χ1v) is 9.82. The van der Waals surface area contributed by atoms with Crippen molar-refractivity contribution in [3.05, 3.63) is 59.9 Å². The van der Waals surface area contributed by atoms with Crippen molar-refractivity contribution in [3.63, 3.8) is 0 Å². The van der Waals surface area contributed by atoms with Crippen molar-refractivity contribution in [3.8, 4) is 0 Å². The van der Waals surface area contributed by atoms with Gasteiger partial charge in [0, 0.05) is 38.5 Å². The first-order valence-electron chi connectivity index (χ1n) is 9.82. The van der Waals surface area contributed by atoms with Gasteiger partial charge >= 0.3 is 6.18 Å². The third-order valence-corrected chi connectivity index (χ3v) is 5.13. The minimum atomic E-state index is -4.43. The molecule has 0 bridgehead atoms. The van der Waals surface area contributed by atoms with Gasteiger partial charge in [0.15, 0.2) is 0 Å². The molecule has 1 aromatic carbocycles. The fourth-order valence-electron chi connectivity index (χ4n) is 3.47. The van der Waals surface area contributed by atoms with Crippen molar-refractivity contribution in [2.45, 2.75) is 24.7 Å². The highest BCUT2D eigenvalue weighted by atomic mass is 19.4. The summed E-state index contributed by atoms with van der Waals surface area (Å²) < 4.78 is 39.5. The normalized spacial score (nSPS) is 18.7. The fourth-order valence-corrected chi connectivity index (χ4v) is 3.47. The number of hydrogen-bond donors (Lipinski definition) is 2. The Morgan fingerprint density at radius 3 is 2.53 bits per heavy atom. The van der Waals surface area contributed by atoms with Crippen LogP contribution in [-0.2, 0) is 20.6 Å². The van der Waals surface area contributed by atoms with Crippen molar-refractivity contribution >= 4 is 23.8 Å². The van der Waals surface area contributed by atoms with Crippen molar-refractivity contribution < 1.29 is 27.6 Å². The molecular weight excluding hydrogens is 427 g/mol. The molecule has 8 nitrogen and oxygen atoms in total. The summed E-state index contributed by atoms with van der Waals surface area (Å²) in [5.41, 5.74) is -0.379. The van der Waals surface area contributed by atoms with Gasteiger partial charge in [-0.2, -0.15) is 18.3 Å². The van der Waals surface area contributed by atoms with Gasteiger partial charge in [-0.1, -0.05) is 12.1 Å². The van der Waals surface area contributed by atoms with Crippen LogP contribution in [0.3, 0.4) is 0 Å². The molecule has 2 atom stereocenters. The molecule has 1 aromatic heterocycles. The van der Waals surface area contributed by atoms with Crippen molar-refractivity contribution in [1.82, 2.24) is 25.3 Å². The second-order valence-electron chi connectivity index (χ2n) is 7.22. The highest BCUT2D eigenvalue weighted by molar-refractivity contribution is 5.95. The molecule has 2 heterocycles. The lowest BCUT2D eigenvalue weighted by atomic mass is 10.1. The molecule has 2 aromatic rings. The van der Waals surface area contributed by atoms with Crippen LogP contribution in [-0.4, -0.2) is 58.6 Å². The molecule has 0 saturated carbocycles. The van der Waals surface area contributed by atoms with Crippen LogP contribution < -0.4 is 10.6 Å². The highest BCUT2D eigenvalue weighted by Gasteiger charge is 2.40. The average molecular weight is 449 g/mol. The number of nitrogens with zero attached hydrogens (tertiary/aromatic N) is 3. The summed E-state index contributed by atoms with van der Waals surface area (Å²) in [7, 11) is 1.49. The maximum absolute atomic E-state index is 12.7. The number of amides is 3. The van der Waals surface area contributed by atoms with E-state index in [9.17, 15) is 27.6 Å².